The Morgan fingerprint density at radius 1 is 1.07 bits per heavy atom. The third-order valence-electron chi connectivity index (χ3n) is 4.08. The standard InChI is InChI=1S/C19H20BrCl3NO3/c1-24(9-10-26-19(25)27-13-21,11-14-5-7-16(20)8-6-14)12-15-3-2-4-17(22)18(15)23/h2-8H,9-13H2,1H3/q+1. The van der Waals surface area contributed by atoms with Crippen molar-refractivity contribution in [3.63, 3.8) is 0 Å². The highest BCUT2D eigenvalue weighted by Crippen LogP contribution is 2.29. The summed E-state index contributed by atoms with van der Waals surface area (Å²) >= 11 is 21.4. The van der Waals surface area contributed by atoms with Gasteiger partial charge in [-0.1, -0.05) is 75.0 Å². The number of halogens is 4. The first-order valence-electron chi connectivity index (χ1n) is 8.19. The van der Waals surface area contributed by atoms with Crippen molar-refractivity contribution in [2.45, 2.75) is 13.1 Å². The Balaban J connectivity index is 2.16. The minimum Gasteiger partial charge on any atom is -0.428 e. The summed E-state index contributed by atoms with van der Waals surface area (Å²) in [6, 6.07) is 13.5. The van der Waals surface area contributed by atoms with Crippen LogP contribution in [0.5, 0.6) is 0 Å². The van der Waals surface area contributed by atoms with Crippen LogP contribution < -0.4 is 0 Å². The summed E-state index contributed by atoms with van der Waals surface area (Å²) in [5, 5.41) is 1.06. The molecule has 8 heteroatoms. The van der Waals surface area contributed by atoms with Gasteiger partial charge in [0.2, 0.25) is 0 Å². The average molecular weight is 497 g/mol. The summed E-state index contributed by atoms with van der Waals surface area (Å²) in [4.78, 5) is 11.4. The van der Waals surface area contributed by atoms with Crippen LogP contribution in [0.1, 0.15) is 11.1 Å². The fraction of sp³-hybridized carbons (Fsp3) is 0.316. The van der Waals surface area contributed by atoms with Crippen molar-refractivity contribution in [2.75, 3.05) is 26.3 Å². The maximum atomic E-state index is 11.4. The molecule has 0 bridgehead atoms. The van der Waals surface area contributed by atoms with Gasteiger partial charge in [-0.2, -0.15) is 0 Å². The zero-order chi connectivity index (χ0) is 19.9. The van der Waals surface area contributed by atoms with Crippen LogP contribution in [-0.2, 0) is 22.6 Å². The molecule has 0 spiro atoms. The molecule has 2 rings (SSSR count). The Bertz CT molecular complexity index is 773. The number of quaternary nitrogens is 1. The molecule has 0 aromatic heterocycles. The monoisotopic (exact) mass is 494 g/mol. The van der Waals surface area contributed by atoms with Crippen molar-refractivity contribution in [1.82, 2.24) is 0 Å². The lowest BCUT2D eigenvalue weighted by molar-refractivity contribution is -0.935. The topological polar surface area (TPSA) is 35.5 Å². The molecule has 0 N–H and O–H groups in total. The lowest BCUT2D eigenvalue weighted by atomic mass is 10.1. The van der Waals surface area contributed by atoms with Gasteiger partial charge in [-0.05, 0) is 18.2 Å². The molecule has 0 saturated carbocycles. The van der Waals surface area contributed by atoms with Gasteiger partial charge < -0.3 is 14.0 Å². The normalized spacial score (nSPS) is 13.1. The predicted molar refractivity (Wildman–Crippen MR) is 112 cm³/mol. The molecular weight excluding hydrogens is 476 g/mol. The van der Waals surface area contributed by atoms with Gasteiger partial charge in [0.15, 0.2) is 6.07 Å². The Labute approximate surface area is 182 Å². The molecule has 0 aliphatic carbocycles. The number of benzene rings is 2. The molecule has 0 saturated heterocycles. The summed E-state index contributed by atoms with van der Waals surface area (Å²) in [5.74, 6) is 0. The number of hydrogen-bond donors (Lipinski definition) is 0. The van der Waals surface area contributed by atoms with E-state index in [4.69, 9.17) is 39.5 Å². The lowest BCUT2D eigenvalue weighted by Gasteiger charge is -2.35. The number of carbonyl (C=O) groups excluding carboxylic acids is 1. The van der Waals surface area contributed by atoms with Crippen LogP contribution in [0.3, 0.4) is 0 Å². The summed E-state index contributed by atoms with van der Waals surface area (Å²) < 4.78 is 11.3. The SMILES string of the molecule is C[N+](CCOC(=O)OCCl)(Cc1ccc(Br)cc1)Cc1cccc(Cl)c1Cl. The number of nitrogens with zero attached hydrogens (tertiary/aromatic N) is 1. The Kier molecular flexibility index (Phi) is 8.70. The van der Waals surface area contributed by atoms with E-state index >= 15 is 0 Å². The quantitative estimate of drug-likeness (QED) is 0.246. The maximum absolute atomic E-state index is 11.4. The Morgan fingerprint density at radius 2 is 1.78 bits per heavy atom. The number of carbonyl (C=O) groups is 1. The summed E-state index contributed by atoms with van der Waals surface area (Å²) in [5.41, 5.74) is 2.09. The van der Waals surface area contributed by atoms with Crippen LogP contribution in [0.25, 0.3) is 0 Å². The Hall–Kier alpha value is -0.980. The molecule has 0 fully saturated rings. The van der Waals surface area contributed by atoms with Crippen LogP contribution in [-0.4, -0.2) is 36.9 Å². The fourth-order valence-corrected chi connectivity index (χ4v) is 3.50. The van der Waals surface area contributed by atoms with E-state index in [1.165, 1.54) is 0 Å². The van der Waals surface area contributed by atoms with Crippen molar-refractivity contribution in [3.8, 4) is 0 Å². The van der Waals surface area contributed by atoms with Gasteiger partial charge >= 0.3 is 6.16 Å². The van der Waals surface area contributed by atoms with Crippen molar-refractivity contribution in [3.05, 3.63) is 68.1 Å². The molecule has 4 nitrogen and oxygen atoms in total. The first-order chi connectivity index (χ1) is 12.8. The summed E-state index contributed by atoms with van der Waals surface area (Å²) in [6.45, 7) is 2.12. The number of alkyl halides is 1. The molecule has 2 aromatic carbocycles. The third kappa shape index (κ3) is 7.16. The lowest BCUT2D eigenvalue weighted by Crippen LogP contribution is -2.45. The van der Waals surface area contributed by atoms with Crippen molar-refractivity contribution in [2.24, 2.45) is 0 Å². The zero-order valence-electron chi connectivity index (χ0n) is 14.8. The highest BCUT2D eigenvalue weighted by molar-refractivity contribution is 9.10. The molecule has 0 heterocycles. The number of ether oxygens (including phenoxy) is 2. The third-order valence-corrected chi connectivity index (χ3v) is 5.58. The minimum absolute atomic E-state index is 0.195. The first-order valence-corrected chi connectivity index (χ1v) is 10.3. The zero-order valence-corrected chi connectivity index (χ0v) is 18.6. The molecule has 1 atom stereocenters. The van der Waals surface area contributed by atoms with Crippen LogP contribution >= 0.6 is 50.7 Å². The summed E-state index contributed by atoms with van der Waals surface area (Å²) in [7, 11) is 2.08. The number of hydrogen-bond acceptors (Lipinski definition) is 3. The van der Waals surface area contributed by atoms with E-state index < -0.39 is 6.16 Å². The average Bonchev–Trinajstić information content (AvgIpc) is 2.61. The molecule has 0 amide bonds. The molecular formula is C19H20BrCl3NO3+. The molecule has 1 unspecified atom stereocenters. The second kappa shape index (κ2) is 10.5. The number of likely N-dealkylation sites (N-methyl/N-ethyl adjacent to an activating group) is 1. The van der Waals surface area contributed by atoms with Gasteiger partial charge in [-0.25, -0.2) is 4.79 Å². The van der Waals surface area contributed by atoms with Gasteiger partial charge in [0.1, 0.15) is 26.2 Å². The second-order valence-corrected chi connectivity index (χ2v) is 8.27. The van der Waals surface area contributed by atoms with E-state index in [0.29, 0.717) is 27.6 Å². The number of rotatable bonds is 8. The van der Waals surface area contributed by atoms with Gasteiger partial charge in [-0.3, -0.25) is 0 Å². The van der Waals surface area contributed by atoms with Crippen LogP contribution in [0.4, 0.5) is 4.79 Å². The molecule has 0 aliphatic heterocycles. The van der Waals surface area contributed by atoms with E-state index in [1.807, 2.05) is 24.3 Å². The van der Waals surface area contributed by atoms with Crippen molar-refractivity contribution >= 4 is 56.9 Å². The van der Waals surface area contributed by atoms with E-state index in [-0.39, 0.29) is 12.7 Å². The molecule has 0 radical (unpaired) electrons. The molecule has 2 aromatic rings. The van der Waals surface area contributed by atoms with Crippen LogP contribution in [0.2, 0.25) is 10.0 Å². The summed E-state index contributed by atoms with van der Waals surface area (Å²) in [6.07, 6.45) is -0.777. The second-order valence-electron chi connectivity index (χ2n) is 6.35. The smallest absolute Gasteiger partial charge is 0.428 e. The van der Waals surface area contributed by atoms with E-state index in [1.54, 1.807) is 6.07 Å². The van der Waals surface area contributed by atoms with E-state index in [2.05, 4.69) is 39.8 Å². The molecule has 27 heavy (non-hydrogen) atoms. The van der Waals surface area contributed by atoms with Crippen LogP contribution in [0, 0.1) is 0 Å². The van der Waals surface area contributed by atoms with Gasteiger partial charge in [0.05, 0.1) is 17.1 Å². The maximum Gasteiger partial charge on any atom is 0.509 e. The van der Waals surface area contributed by atoms with Crippen LogP contribution in [0.15, 0.2) is 46.9 Å². The van der Waals surface area contributed by atoms with Gasteiger partial charge in [0.25, 0.3) is 0 Å². The fourth-order valence-electron chi connectivity index (χ4n) is 2.76. The molecule has 146 valence electrons. The predicted octanol–water partition coefficient (Wildman–Crippen LogP) is 6.25. The van der Waals surface area contributed by atoms with E-state index in [9.17, 15) is 4.79 Å². The highest BCUT2D eigenvalue weighted by atomic mass is 79.9. The van der Waals surface area contributed by atoms with Crippen molar-refractivity contribution in [1.29, 1.82) is 0 Å². The first kappa shape index (κ1) is 22.3. The minimum atomic E-state index is -0.777. The molecule has 0 aliphatic rings. The largest absolute Gasteiger partial charge is 0.509 e. The van der Waals surface area contributed by atoms with Gasteiger partial charge in [-0.15, -0.1) is 0 Å². The highest BCUT2D eigenvalue weighted by Gasteiger charge is 2.25. The van der Waals surface area contributed by atoms with Crippen molar-refractivity contribution < 1.29 is 18.8 Å². The van der Waals surface area contributed by atoms with E-state index in [0.717, 1.165) is 22.1 Å². The Morgan fingerprint density at radius 3 is 2.44 bits per heavy atom. The van der Waals surface area contributed by atoms with Gasteiger partial charge in [0, 0.05) is 15.6 Å².